The van der Waals surface area contributed by atoms with Gasteiger partial charge in [-0.25, -0.2) is 8.78 Å². The lowest BCUT2D eigenvalue weighted by Gasteiger charge is -2.18. The van der Waals surface area contributed by atoms with E-state index < -0.39 is 52.7 Å². The van der Waals surface area contributed by atoms with Crippen LogP contribution in [0.3, 0.4) is 0 Å². The zero-order valence-corrected chi connectivity index (χ0v) is 20.6. The maximum atomic E-state index is 13.3. The summed E-state index contributed by atoms with van der Waals surface area (Å²) in [5, 5.41) is 14.6. The molecule has 2 amide bonds. The number of amides is 2. The van der Waals surface area contributed by atoms with Crippen LogP contribution in [-0.4, -0.2) is 34.1 Å². The summed E-state index contributed by atoms with van der Waals surface area (Å²) in [5.41, 5.74) is -0.522. The van der Waals surface area contributed by atoms with Crippen molar-refractivity contribution in [2.45, 2.75) is 39.4 Å². The summed E-state index contributed by atoms with van der Waals surface area (Å²) < 4.78 is 32.9. The van der Waals surface area contributed by atoms with Crippen molar-refractivity contribution in [1.29, 1.82) is 0 Å². The maximum Gasteiger partial charge on any atom is 0.323 e. The van der Waals surface area contributed by atoms with Crippen LogP contribution in [0.5, 0.6) is 5.75 Å². The van der Waals surface area contributed by atoms with Crippen LogP contribution in [-0.2, 0) is 24.4 Å². The molecule has 0 bridgehead atoms. The van der Waals surface area contributed by atoms with Crippen molar-refractivity contribution in [3.63, 3.8) is 0 Å². The van der Waals surface area contributed by atoms with Crippen LogP contribution in [0, 0.1) is 11.6 Å². The predicted octanol–water partition coefficient (Wildman–Crippen LogP) is 3.25. The van der Waals surface area contributed by atoms with Gasteiger partial charge in [0, 0.05) is 19.3 Å². The molecule has 1 heterocycles. The van der Waals surface area contributed by atoms with Gasteiger partial charge in [0.05, 0.1) is 6.61 Å². The molecular weight excluding hydrogens is 500 g/mol. The van der Waals surface area contributed by atoms with E-state index in [1.54, 1.807) is 0 Å². The van der Waals surface area contributed by atoms with Gasteiger partial charge in [-0.1, -0.05) is 37.6 Å². The molecule has 1 aromatic heterocycles. The number of pyridine rings is 1. The molecule has 38 heavy (non-hydrogen) atoms. The van der Waals surface area contributed by atoms with Crippen LogP contribution >= 0.6 is 0 Å². The second-order valence-corrected chi connectivity index (χ2v) is 8.39. The molecule has 0 aliphatic heterocycles. The quantitative estimate of drug-likeness (QED) is 0.311. The van der Waals surface area contributed by atoms with Gasteiger partial charge in [0.2, 0.25) is 5.43 Å². The number of nitrogens with one attached hydrogen (secondary N) is 2. The predicted molar refractivity (Wildman–Crippen MR) is 134 cm³/mol. The fourth-order valence-electron chi connectivity index (χ4n) is 3.51. The minimum Gasteiger partial charge on any atom is -0.487 e. The molecule has 0 fully saturated rings. The molecule has 0 aliphatic carbocycles. The highest BCUT2D eigenvalue weighted by atomic mass is 19.1. The van der Waals surface area contributed by atoms with Gasteiger partial charge in [0.15, 0.2) is 11.4 Å². The number of unbranched alkanes of at least 4 members (excludes halogenated alkanes) is 1. The Kier molecular flexibility index (Phi) is 9.69. The number of nitrogens with zero attached hydrogens (tertiary/aromatic N) is 1. The summed E-state index contributed by atoms with van der Waals surface area (Å²) in [6.07, 6.45) is 2.25. The second-order valence-electron chi connectivity index (χ2n) is 8.39. The summed E-state index contributed by atoms with van der Waals surface area (Å²) in [6, 6.07) is 10.8. The van der Waals surface area contributed by atoms with Crippen LogP contribution in [0.25, 0.3) is 0 Å². The number of ether oxygens (including phenoxy) is 1. The molecule has 0 saturated carbocycles. The van der Waals surface area contributed by atoms with Crippen molar-refractivity contribution >= 4 is 17.8 Å². The summed E-state index contributed by atoms with van der Waals surface area (Å²) in [4.78, 5) is 51.0. The first-order valence-corrected chi connectivity index (χ1v) is 11.9. The van der Waals surface area contributed by atoms with Crippen molar-refractivity contribution < 1.29 is 33.0 Å². The molecule has 200 valence electrons. The van der Waals surface area contributed by atoms with Crippen molar-refractivity contribution in [3.8, 4) is 5.75 Å². The van der Waals surface area contributed by atoms with Crippen LogP contribution in [0.1, 0.15) is 51.7 Å². The topological polar surface area (TPSA) is 127 Å². The number of halogens is 2. The van der Waals surface area contributed by atoms with Gasteiger partial charge in [-0.2, -0.15) is 0 Å². The zero-order chi connectivity index (χ0) is 27.7. The average Bonchev–Trinajstić information content (AvgIpc) is 2.89. The Bertz CT molecular complexity index is 1350. The summed E-state index contributed by atoms with van der Waals surface area (Å²) in [7, 11) is 0. The van der Waals surface area contributed by atoms with E-state index in [-0.39, 0.29) is 25.4 Å². The lowest BCUT2D eigenvalue weighted by molar-refractivity contribution is -0.137. The molecule has 3 rings (SSSR count). The van der Waals surface area contributed by atoms with E-state index in [4.69, 9.17) is 4.74 Å². The normalized spacial score (nSPS) is 10.6. The summed E-state index contributed by atoms with van der Waals surface area (Å²) in [6.45, 7) is 1.15. The zero-order valence-electron chi connectivity index (χ0n) is 20.6. The highest BCUT2D eigenvalue weighted by Gasteiger charge is 2.26. The molecular formula is C27H27F2N3O6. The lowest BCUT2D eigenvalue weighted by Crippen LogP contribution is -2.35. The number of aliphatic carboxylic acids is 1. The number of rotatable bonds is 12. The van der Waals surface area contributed by atoms with Crippen LogP contribution in [0.2, 0.25) is 0 Å². The monoisotopic (exact) mass is 527 g/mol. The number of hydrogen-bond donors (Lipinski definition) is 3. The van der Waals surface area contributed by atoms with E-state index >= 15 is 0 Å². The maximum absolute atomic E-state index is 13.3. The first-order chi connectivity index (χ1) is 18.2. The van der Waals surface area contributed by atoms with E-state index in [1.807, 2.05) is 6.92 Å². The average molecular weight is 528 g/mol. The fraction of sp³-hybridized carbons (Fsp3) is 0.259. The van der Waals surface area contributed by atoms with Gasteiger partial charge in [0.1, 0.15) is 23.7 Å². The Morgan fingerprint density at radius 1 is 0.895 bits per heavy atom. The molecule has 0 saturated heterocycles. The van der Waals surface area contributed by atoms with Crippen LogP contribution in [0.15, 0.2) is 59.5 Å². The smallest absolute Gasteiger partial charge is 0.323 e. The van der Waals surface area contributed by atoms with Crippen molar-refractivity contribution in [3.05, 3.63) is 99.0 Å². The Morgan fingerprint density at radius 2 is 1.42 bits per heavy atom. The number of hydrogen-bond acceptors (Lipinski definition) is 5. The molecule has 9 nitrogen and oxygen atoms in total. The number of carboxylic acids is 1. The molecule has 3 N–H and O–H groups in total. The number of carbonyl (C=O) groups is 3. The Hall–Kier alpha value is -4.54. The summed E-state index contributed by atoms with van der Waals surface area (Å²) in [5.74, 6) is -4.30. The number of carbonyl (C=O) groups excluding carboxylic acids is 2. The standard InChI is InChI=1S/C27H27F2N3O6/c1-2-3-12-38-25-23(27(37)31-14-18-6-10-20(29)11-7-18)32(16-22(33)34)15-21(24(25)35)26(36)30-13-17-4-8-19(28)9-5-17/h4-11,15H,2-3,12-14,16H2,1H3,(H,30,36)(H,31,37)(H,33,34). The molecule has 11 heteroatoms. The van der Waals surface area contributed by atoms with E-state index in [9.17, 15) is 33.1 Å². The highest BCUT2D eigenvalue weighted by molar-refractivity contribution is 5.99. The van der Waals surface area contributed by atoms with Crippen molar-refractivity contribution in [2.75, 3.05) is 6.61 Å². The molecule has 0 radical (unpaired) electrons. The fourth-order valence-corrected chi connectivity index (χ4v) is 3.51. The highest BCUT2D eigenvalue weighted by Crippen LogP contribution is 2.18. The van der Waals surface area contributed by atoms with Crippen LogP contribution < -0.4 is 20.8 Å². The van der Waals surface area contributed by atoms with Gasteiger partial charge in [-0.05, 0) is 41.8 Å². The van der Waals surface area contributed by atoms with Gasteiger partial charge in [-0.15, -0.1) is 0 Å². The number of aromatic nitrogens is 1. The van der Waals surface area contributed by atoms with E-state index in [0.29, 0.717) is 24.0 Å². The third-order valence-electron chi connectivity index (χ3n) is 5.48. The van der Waals surface area contributed by atoms with Gasteiger partial charge in [0.25, 0.3) is 11.8 Å². The largest absolute Gasteiger partial charge is 0.487 e. The minimum absolute atomic E-state index is 0.0244. The molecule has 0 aliphatic rings. The molecule has 3 aromatic rings. The van der Waals surface area contributed by atoms with E-state index in [0.717, 1.165) is 10.8 Å². The van der Waals surface area contributed by atoms with Gasteiger partial charge >= 0.3 is 5.97 Å². The van der Waals surface area contributed by atoms with Crippen molar-refractivity contribution in [1.82, 2.24) is 15.2 Å². The molecule has 0 atom stereocenters. The third kappa shape index (κ3) is 7.48. The first kappa shape index (κ1) is 28.0. The van der Waals surface area contributed by atoms with Gasteiger partial charge in [-0.3, -0.25) is 19.2 Å². The van der Waals surface area contributed by atoms with E-state index in [1.165, 1.54) is 48.5 Å². The molecule has 2 aromatic carbocycles. The van der Waals surface area contributed by atoms with Gasteiger partial charge < -0.3 is 25.0 Å². The first-order valence-electron chi connectivity index (χ1n) is 11.9. The number of carboxylic acid groups (broad SMARTS) is 1. The van der Waals surface area contributed by atoms with Crippen LogP contribution in [0.4, 0.5) is 8.78 Å². The molecule has 0 spiro atoms. The molecule has 0 unspecified atom stereocenters. The van der Waals surface area contributed by atoms with Crippen molar-refractivity contribution in [2.24, 2.45) is 0 Å². The number of benzene rings is 2. The minimum atomic E-state index is -1.32. The van der Waals surface area contributed by atoms with E-state index in [2.05, 4.69) is 10.6 Å². The lowest BCUT2D eigenvalue weighted by atomic mass is 10.1. The third-order valence-corrected chi connectivity index (χ3v) is 5.48. The Labute approximate surface area is 217 Å². The second kappa shape index (κ2) is 13.1. The summed E-state index contributed by atoms with van der Waals surface area (Å²) >= 11 is 0. The SMILES string of the molecule is CCCCOc1c(C(=O)NCc2ccc(F)cc2)n(CC(=O)O)cc(C(=O)NCc2ccc(F)cc2)c1=O. The Morgan fingerprint density at radius 3 is 1.92 bits per heavy atom. The Balaban J connectivity index is 1.96.